The second-order valence-electron chi connectivity index (χ2n) is 4.20. The van der Waals surface area contributed by atoms with E-state index in [0.717, 1.165) is 5.33 Å². The van der Waals surface area contributed by atoms with Crippen LogP contribution in [0.2, 0.25) is 0 Å². The number of benzene rings is 1. The first-order valence-electron chi connectivity index (χ1n) is 5.97. The average molecular weight is 280 g/mol. The van der Waals surface area contributed by atoms with E-state index in [9.17, 15) is 0 Å². The maximum atomic E-state index is 3.40. The summed E-state index contributed by atoms with van der Waals surface area (Å²) < 4.78 is 0. The largest absolute Gasteiger partial charge is 0.372 e. The molecule has 0 saturated carbocycles. The van der Waals surface area contributed by atoms with E-state index in [0.29, 0.717) is 0 Å². The number of halogens is 1. The molecular weight excluding hydrogens is 262 g/mol. The molecule has 0 aromatic heterocycles. The van der Waals surface area contributed by atoms with Gasteiger partial charge in [-0.15, -0.1) is 0 Å². The topological polar surface area (TPSA) is 3.24 Å². The molecule has 1 fully saturated rings. The molecule has 0 N–H and O–H groups in total. The number of rotatable bonds is 3. The fraction of sp³-hybridized carbons (Fsp3) is 0.429. The SMILES string of the molecule is BrCC=Cc1cccc(N2CCCCC2)c1. The summed E-state index contributed by atoms with van der Waals surface area (Å²) in [5, 5.41) is 0.918. The molecule has 1 aromatic rings. The third-order valence-corrected chi connectivity index (χ3v) is 3.36. The summed E-state index contributed by atoms with van der Waals surface area (Å²) in [6.45, 7) is 2.43. The van der Waals surface area contributed by atoms with Crippen molar-refractivity contribution < 1.29 is 0 Å². The maximum absolute atomic E-state index is 3.40. The van der Waals surface area contributed by atoms with Crippen LogP contribution in [-0.2, 0) is 0 Å². The van der Waals surface area contributed by atoms with Crippen molar-refractivity contribution in [3.63, 3.8) is 0 Å². The molecule has 1 heterocycles. The summed E-state index contributed by atoms with van der Waals surface area (Å²) in [5.41, 5.74) is 2.67. The molecule has 1 aromatic carbocycles. The number of hydrogen-bond donors (Lipinski definition) is 0. The Hall–Kier alpha value is -0.760. The number of allylic oxidation sites excluding steroid dienone is 1. The second kappa shape index (κ2) is 6.09. The van der Waals surface area contributed by atoms with Gasteiger partial charge in [-0.3, -0.25) is 0 Å². The molecule has 1 saturated heterocycles. The lowest BCUT2D eigenvalue weighted by Gasteiger charge is -2.29. The molecule has 1 aliphatic heterocycles. The van der Waals surface area contributed by atoms with E-state index in [2.05, 4.69) is 57.2 Å². The van der Waals surface area contributed by atoms with Crippen LogP contribution < -0.4 is 4.90 Å². The van der Waals surface area contributed by atoms with Crippen molar-refractivity contribution in [3.05, 3.63) is 35.9 Å². The highest BCUT2D eigenvalue weighted by molar-refractivity contribution is 9.09. The van der Waals surface area contributed by atoms with Crippen molar-refractivity contribution in [2.45, 2.75) is 19.3 Å². The van der Waals surface area contributed by atoms with Gasteiger partial charge in [0.1, 0.15) is 0 Å². The zero-order chi connectivity index (χ0) is 11.2. The van der Waals surface area contributed by atoms with E-state index in [-0.39, 0.29) is 0 Å². The summed E-state index contributed by atoms with van der Waals surface area (Å²) >= 11 is 3.40. The molecule has 86 valence electrons. The number of hydrogen-bond acceptors (Lipinski definition) is 1. The Morgan fingerprint density at radius 2 is 2.00 bits per heavy atom. The van der Waals surface area contributed by atoms with Crippen LogP contribution in [0.25, 0.3) is 6.08 Å². The summed E-state index contributed by atoms with van der Waals surface area (Å²) in [5.74, 6) is 0. The van der Waals surface area contributed by atoms with Crippen molar-refractivity contribution in [2.75, 3.05) is 23.3 Å². The minimum absolute atomic E-state index is 0.918. The quantitative estimate of drug-likeness (QED) is 0.754. The van der Waals surface area contributed by atoms with E-state index in [1.54, 1.807) is 0 Å². The highest BCUT2D eigenvalue weighted by atomic mass is 79.9. The molecule has 0 bridgehead atoms. The van der Waals surface area contributed by atoms with Crippen LogP contribution in [0.4, 0.5) is 5.69 Å². The van der Waals surface area contributed by atoms with Gasteiger partial charge in [0.15, 0.2) is 0 Å². The Morgan fingerprint density at radius 1 is 1.19 bits per heavy atom. The van der Waals surface area contributed by atoms with Gasteiger partial charge < -0.3 is 4.90 Å². The van der Waals surface area contributed by atoms with E-state index >= 15 is 0 Å². The monoisotopic (exact) mass is 279 g/mol. The summed E-state index contributed by atoms with van der Waals surface area (Å²) in [4.78, 5) is 2.50. The fourth-order valence-electron chi connectivity index (χ4n) is 2.16. The van der Waals surface area contributed by atoms with Crippen LogP contribution >= 0.6 is 15.9 Å². The molecule has 1 nitrogen and oxygen atoms in total. The molecule has 0 unspecified atom stereocenters. The maximum Gasteiger partial charge on any atom is 0.0372 e. The van der Waals surface area contributed by atoms with Crippen LogP contribution in [-0.4, -0.2) is 18.4 Å². The van der Waals surface area contributed by atoms with Gasteiger partial charge in [-0.1, -0.05) is 40.2 Å². The Labute approximate surface area is 106 Å². The number of piperidine rings is 1. The lowest BCUT2D eigenvalue weighted by molar-refractivity contribution is 0.578. The Morgan fingerprint density at radius 3 is 2.75 bits per heavy atom. The first-order valence-corrected chi connectivity index (χ1v) is 7.10. The van der Waals surface area contributed by atoms with Gasteiger partial charge in [0.25, 0.3) is 0 Å². The summed E-state index contributed by atoms with van der Waals surface area (Å²) in [6, 6.07) is 8.81. The number of nitrogens with zero attached hydrogens (tertiary/aromatic N) is 1. The number of anilines is 1. The smallest absolute Gasteiger partial charge is 0.0372 e. The van der Waals surface area contributed by atoms with Gasteiger partial charge in [0.2, 0.25) is 0 Å². The lowest BCUT2D eigenvalue weighted by Crippen LogP contribution is -2.29. The van der Waals surface area contributed by atoms with E-state index in [4.69, 9.17) is 0 Å². The molecule has 0 aliphatic carbocycles. The van der Waals surface area contributed by atoms with Crippen LogP contribution in [0.15, 0.2) is 30.3 Å². The minimum atomic E-state index is 0.918. The third-order valence-electron chi connectivity index (χ3n) is 2.99. The minimum Gasteiger partial charge on any atom is -0.372 e. The van der Waals surface area contributed by atoms with E-state index < -0.39 is 0 Å². The van der Waals surface area contributed by atoms with Crippen molar-refractivity contribution in [2.24, 2.45) is 0 Å². The summed E-state index contributed by atoms with van der Waals surface area (Å²) in [6.07, 6.45) is 8.36. The highest BCUT2D eigenvalue weighted by Crippen LogP contribution is 2.21. The van der Waals surface area contributed by atoms with Gasteiger partial charge in [-0.25, -0.2) is 0 Å². The van der Waals surface area contributed by atoms with Gasteiger partial charge in [0, 0.05) is 24.1 Å². The van der Waals surface area contributed by atoms with Crippen molar-refractivity contribution >= 4 is 27.7 Å². The van der Waals surface area contributed by atoms with Crippen molar-refractivity contribution in [1.82, 2.24) is 0 Å². The van der Waals surface area contributed by atoms with Crippen molar-refractivity contribution in [1.29, 1.82) is 0 Å². The molecular formula is C14H18BrN. The normalized spacial score (nSPS) is 16.9. The van der Waals surface area contributed by atoms with Crippen molar-refractivity contribution in [3.8, 4) is 0 Å². The van der Waals surface area contributed by atoms with E-state index in [1.165, 1.54) is 43.6 Å². The fourth-order valence-corrected chi connectivity index (χ4v) is 2.34. The Balaban J connectivity index is 2.11. The zero-order valence-corrected chi connectivity index (χ0v) is 11.1. The van der Waals surface area contributed by atoms with Crippen LogP contribution in [0.1, 0.15) is 24.8 Å². The molecule has 0 radical (unpaired) electrons. The Kier molecular flexibility index (Phi) is 4.46. The van der Waals surface area contributed by atoms with Gasteiger partial charge in [0.05, 0.1) is 0 Å². The standard InChI is InChI=1S/C14H18BrN/c15-9-5-7-13-6-4-8-14(12-13)16-10-2-1-3-11-16/h4-8,12H,1-3,9-11H2. The van der Waals surface area contributed by atoms with Crippen LogP contribution in [0, 0.1) is 0 Å². The van der Waals surface area contributed by atoms with Crippen LogP contribution in [0.3, 0.4) is 0 Å². The first kappa shape index (κ1) is 11.7. The first-order chi connectivity index (χ1) is 7.90. The number of alkyl halides is 1. The lowest BCUT2D eigenvalue weighted by atomic mass is 10.1. The second-order valence-corrected chi connectivity index (χ2v) is 4.85. The van der Waals surface area contributed by atoms with Crippen LogP contribution in [0.5, 0.6) is 0 Å². The Bertz CT molecular complexity index is 354. The molecule has 1 aliphatic rings. The molecule has 16 heavy (non-hydrogen) atoms. The molecule has 2 heteroatoms. The van der Waals surface area contributed by atoms with Gasteiger partial charge in [-0.05, 0) is 37.0 Å². The molecule has 0 amide bonds. The highest BCUT2D eigenvalue weighted by Gasteiger charge is 2.10. The molecule has 2 rings (SSSR count). The van der Waals surface area contributed by atoms with Gasteiger partial charge >= 0.3 is 0 Å². The predicted molar refractivity (Wildman–Crippen MR) is 75.3 cm³/mol. The van der Waals surface area contributed by atoms with E-state index in [1.807, 2.05) is 0 Å². The van der Waals surface area contributed by atoms with Gasteiger partial charge in [-0.2, -0.15) is 0 Å². The molecule has 0 atom stereocenters. The molecule has 0 spiro atoms. The predicted octanol–water partition coefficient (Wildman–Crippen LogP) is 4.09. The third kappa shape index (κ3) is 3.11. The zero-order valence-electron chi connectivity index (χ0n) is 9.53. The average Bonchev–Trinajstić information content (AvgIpc) is 2.38. The summed E-state index contributed by atoms with van der Waals surface area (Å²) in [7, 11) is 0.